The van der Waals surface area contributed by atoms with E-state index >= 15 is 0 Å². The van der Waals surface area contributed by atoms with Crippen LogP contribution in [0.25, 0.3) is 0 Å². The highest BCUT2D eigenvalue weighted by molar-refractivity contribution is 5.85. The van der Waals surface area contributed by atoms with E-state index in [9.17, 15) is 5.26 Å². The maximum Gasteiger partial charge on any atom is 0.146 e. The third-order valence-corrected chi connectivity index (χ3v) is 7.05. The first-order valence-corrected chi connectivity index (χ1v) is 10.7. The molecule has 3 atom stereocenters. The molecule has 5 nitrogen and oxygen atoms in total. The minimum absolute atomic E-state index is 0. The fourth-order valence-corrected chi connectivity index (χ4v) is 5.68. The van der Waals surface area contributed by atoms with Crippen molar-refractivity contribution in [2.24, 2.45) is 11.8 Å². The summed E-state index contributed by atoms with van der Waals surface area (Å²) in [5.74, 6) is 2.98. The van der Waals surface area contributed by atoms with E-state index in [0.717, 1.165) is 49.6 Å². The van der Waals surface area contributed by atoms with Gasteiger partial charge in [-0.05, 0) is 68.0 Å². The molecule has 0 radical (unpaired) electrons. The van der Waals surface area contributed by atoms with Crippen LogP contribution in [0.2, 0.25) is 0 Å². The SMILES string of the molecule is COc1ccc([C@H]2[C@@H]3CN(c4nc5c(cc4C#N)CCCC5)C[C@@H]3CN2C)cc1.Cl. The van der Waals surface area contributed by atoms with Crippen LogP contribution in [0, 0.1) is 23.2 Å². The third-order valence-electron chi connectivity index (χ3n) is 7.05. The summed E-state index contributed by atoms with van der Waals surface area (Å²) in [4.78, 5) is 9.87. The number of aryl methyl sites for hydroxylation is 2. The van der Waals surface area contributed by atoms with Crippen molar-refractivity contribution in [3.8, 4) is 11.8 Å². The molecule has 0 amide bonds. The molecule has 5 rings (SSSR count). The Hall–Kier alpha value is -2.29. The number of pyridine rings is 1. The van der Waals surface area contributed by atoms with Crippen LogP contribution in [0.5, 0.6) is 5.75 Å². The standard InChI is InChI=1S/C24H28N4O.ClH/c1-27-13-19-14-28(15-21(19)23(27)16-7-9-20(29-2)10-8-16)24-18(12-25)11-17-5-3-4-6-22(17)26-24;/h7-11,19,21,23H,3-6,13-15H2,1-2H3;1H/t19-,21+,23-;/m0./s1. The maximum absolute atomic E-state index is 9.77. The summed E-state index contributed by atoms with van der Waals surface area (Å²) in [6.45, 7) is 3.04. The summed E-state index contributed by atoms with van der Waals surface area (Å²) in [6.07, 6.45) is 4.53. The topological polar surface area (TPSA) is 52.4 Å². The number of ether oxygens (including phenoxy) is 1. The highest BCUT2D eigenvalue weighted by atomic mass is 35.5. The lowest BCUT2D eigenvalue weighted by atomic mass is 9.89. The van der Waals surface area contributed by atoms with Crippen molar-refractivity contribution < 1.29 is 4.74 Å². The van der Waals surface area contributed by atoms with Gasteiger partial charge in [-0.2, -0.15) is 5.26 Å². The minimum atomic E-state index is 0. The first kappa shape index (κ1) is 21.0. The normalized spacial score (nSPS) is 25.2. The molecule has 0 saturated carbocycles. The van der Waals surface area contributed by atoms with Gasteiger partial charge in [-0.15, -0.1) is 12.4 Å². The Morgan fingerprint density at radius 2 is 1.87 bits per heavy atom. The van der Waals surface area contributed by atoms with Crippen LogP contribution < -0.4 is 9.64 Å². The van der Waals surface area contributed by atoms with E-state index in [4.69, 9.17) is 9.72 Å². The number of halogens is 1. The maximum atomic E-state index is 9.77. The minimum Gasteiger partial charge on any atom is -0.497 e. The lowest BCUT2D eigenvalue weighted by Crippen LogP contribution is -2.30. The molecule has 1 aliphatic carbocycles. The van der Waals surface area contributed by atoms with Crippen molar-refractivity contribution >= 4 is 18.2 Å². The number of hydrogen-bond donors (Lipinski definition) is 0. The number of aromatic nitrogens is 1. The number of anilines is 1. The number of nitrogens with zero attached hydrogens (tertiary/aromatic N) is 4. The molecule has 2 aliphatic heterocycles. The fourth-order valence-electron chi connectivity index (χ4n) is 5.68. The van der Waals surface area contributed by atoms with Gasteiger partial charge in [0.25, 0.3) is 0 Å². The van der Waals surface area contributed by atoms with Crippen LogP contribution in [0.4, 0.5) is 5.82 Å². The Kier molecular flexibility index (Phi) is 5.90. The Bertz CT molecular complexity index is 955. The van der Waals surface area contributed by atoms with Gasteiger partial charge in [0.2, 0.25) is 0 Å². The largest absolute Gasteiger partial charge is 0.497 e. The first-order chi connectivity index (χ1) is 14.2. The second-order valence-corrected chi connectivity index (χ2v) is 8.77. The Labute approximate surface area is 185 Å². The molecule has 0 spiro atoms. The Morgan fingerprint density at radius 3 is 2.60 bits per heavy atom. The summed E-state index contributed by atoms with van der Waals surface area (Å²) < 4.78 is 5.33. The number of nitriles is 1. The predicted octanol–water partition coefficient (Wildman–Crippen LogP) is 4.00. The lowest BCUT2D eigenvalue weighted by Gasteiger charge is -2.28. The zero-order valence-electron chi connectivity index (χ0n) is 17.7. The molecule has 2 saturated heterocycles. The van der Waals surface area contributed by atoms with E-state index in [1.54, 1.807) is 7.11 Å². The van der Waals surface area contributed by atoms with E-state index in [-0.39, 0.29) is 12.4 Å². The first-order valence-electron chi connectivity index (χ1n) is 10.7. The molecule has 1 aromatic carbocycles. The molecular formula is C24H29ClN4O. The second-order valence-electron chi connectivity index (χ2n) is 8.77. The fraction of sp³-hybridized carbons (Fsp3) is 0.500. The number of rotatable bonds is 3. The third kappa shape index (κ3) is 3.53. The number of benzene rings is 1. The van der Waals surface area contributed by atoms with Crippen LogP contribution in [-0.4, -0.2) is 43.7 Å². The van der Waals surface area contributed by atoms with Crippen LogP contribution in [-0.2, 0) is 12.8 Å². The molecule has 6 heteroatoms. The zero-order valence-corrected chi connectivity index (χ0v) is 18.5. The molecule has 2 aromatic rings. The van der Waals surface area contributed by atoms with Crippen LogP contribution in [0.15, 0.2) is 30.3 Å². The number of fused-ring (bicyclic) bond motifs is 2. The molecule has 0 bridgehead atoms. The van der Waals surface area contributed by atoms with E-state index in [1.165, 1.54) is 29.7 Å². The van der Waals surface area contributed by atoms with Gasteiger partial charge in [-0.25, -0.2) is 4.98 Å². The van der Waals surface area contributed by atoms with Gasteiger partial charge < -0.3 is 9.64 Å². The molecule has 0 unspecified atom stereocenters. The molecule has 158 valence electrons. The van der Waals surface area contributed by atoms with Gasteiger partial charge in [-0.3, -0.25) is 4.90 Å². The highest BCUT2D eigenvalue weighted by Gasteiger charge is 2.46. The van der Waals surface area contributed by atoms with Crippen molar-refractivity contribution in [2.75, 3.05) is 38.7 Å². The van der Waals surface area contributed by atoms with Crippen molar-refractivity contribution in [2.45, 2.75) is 31.7 Å². The smallest absolute Gasteiger partial charge is 0.146 e. The summed E-state index contributed by atoms with van der Waals surface area (Å²) in [5.41, 5.74) is 4.60. The van der Waals surface area contributed by atoms with E-state index in [0.29, 0.717) is 17.9 Å². The van der Waals surface area contributed by atoms with Gasteiger partial charge in [0.05, 0.1) is 12.7 Å². The molecular weight excluding hydrogens is 396 g/mol. The number of methoxy groups -OCH3 is 1. The summed E-state index contributed by atoms with van der Waals surface area (Å²) in [6, 6.07) is 13.4. The van der Waals surface area contributed by atoms with Crippen molar-refractivity contribution in [3.63, 3.8) is 0 Å². The average molecular weight is 425 g/mol. The van der Waals surface area contributed by atoms with Gasteiger partial charge in [-0.1, -0.05) is 12.1 Å². The van der Waals surface area contributed by atoms with Crippen LogP contribution >= 0.6 is 12.4 Å². The number of likely N-dealkylation sites (tertiary alicyclic amines) is 1. The average Bonchev–Trinajstić information content (AvgIpc) is 3.29. The molecule has 3 heterocycles. The molecule has 2 fully saturated rings. The zero-order chi connectivity index (χ0) is 20.0. The monoisotopic (exact) mass is 424 g/mol. The predicted molar refractivity (Wildman–Crippen MR) is 120 cm³/mol. The van der Waals surface area contributed by atoms with Crippen LogP contribution in [0.1, 0.15) is 41.3 Å². The van der Waals surface area contributed by atoms with E-state index in [1.807, 2.05) is 0 Å². The summed E-state index contributed by atoms with van der Waals surface area (Å²) in [5, 5.41) is 9.77. The molecule has 3 aliphatic rings. The van der Waals surface area contributed by atoms with Crippen molar-refractivity contribution in [3.05, 3.63) is 52.7 Å². The van der Waals surface area contributed by atoms with Gasteiger partial charge in [0.1, 0.15) is 17.6 Å². The molecule has 0 N–H and O–H groups in total. The van der Waals surface area contributed by atoms with Crippen LogP contribution in [0.3, 0.4) is 0 Å². The Balaban J connectivity index is 0.00000218. The Morgan fingerprint density at radius 1 is 1.10 bits per heavy atom. The van der Waals surface area contributed by atoms with Gasteiger partial charge in [0.15, 0.2) is 0 Å². The van der Waals surface area contributed by atoms with Crippen molar-refractivity contribution in [1.82, 2.24) is 9.88 Å². The van der Waals surface area contributed by atoms with Gasteiger partial charge >= 0.3 is 0 Å². The molecule has 1 aromatic heterocycles. The summed E-state index contributed by atoms with van der Waals surface area (Å²) >= 11 is 0. The molecule has 30 heavy (non-hydrogen) atoms. The van der Waals surface area contributed by atoms with Crippen molar-refractivity contribution in [1.29, 1.82) is 5.26 Å². The van der Waals surface area contributed by atoms with E-state index in [2.05, 4.69) is 53.2 Å². The number of hydrogen-bond acceptors (Lipinski definition) is 5. The quantitative estimate of drug-likeness (QED) is 0.745. The van der Waals surface area contributed by atoms with Gasteiger partial charge in [0, 0.05) is 37.3 Å². The lowest BCUT2D eigenvalue weighted by molar-refractivity contribution is 0.279. The second kappa shape index (κ2) is 8.45. The van der Waals surface area contributed by atoms with E-state index < -0.39 is 0 Å². The highest BCUT2D eigenvalue weighted by Crippen LogP contribution is 2.45. The summed E-state index contributed by atoms with van der Waals surface area (Å²) in [7, 11) is 3.94.